The number of carbonyl (C=O) groups is 2. The van der Waals surface area contributed by atoms with Gasteiger partial charge in [0, 0.05) is 53.7 Å². The van der Waals surface area contributed by atoms with Gasteiger partial charge in [-0.25, -0.2) is 4.98 Å². The van der Waals surface area contributed by atoms with Crippen molar-refractivity contribution in [1.82, 2.24) is 15.0 Å². The van der Waals surface area contributed by atoms with Crippen LogP contribution in [0.2, 0.25) is 0 Å². The van der Waals surface area contributed by atoms with Gasteiger partial charge in [0.25, 0.3) is 0 Å². The van der Waals surface area contributed by atoms with Gasteiger partial charge in [-0.3, -0.25) is 14.6 Å². The Morgan fingerprint density at radius 2 is 1.96 bits per heavy atom. The van der Waals surface area contributed by atoms with Crippen LogP contribution >= 0.6 is 0 Å². The van der Waals surface area contributed by atoms with E-state index in [1.165, 1.54) is 13.0 Å². The molecule has 3 rings (SSSR count). The summed E-state index contributed by atoms with van der Waals surface area (Å²) in [6.07, 6.45) is 8.08. The van der Waals surface area contributed by atoms with Crippen LogP contribution in [0.15, 0.2) is 42.9 Å². The second kappa shape index (κ2) is 5.84. The first-order chi connectivity index (χ1) is 11.0. The average molecular weight is 306 g/mol. The monoisotopic (exact) mass is 306 g/mol. The molecule has 0 unspecified atom stereocenters. The summed E-state index contributed by atoms with van der Waals surface area (Å²) >= 11 is 0. The molecule has 0 radical (unpaired) electrons. The third-order valence-corrected chi connectivity index (χ3v) is 3.45. The molecule has 0 spiro atoms. The minimum absolute atomic E-state index is 0.0744. The van der Waals surface area contributed by atoms with Crippen molar-refractivity contribution in [2.75, 3.05) is 0 Å². The molecular formula is C17H14N4O2. The molecule has 23 heavy (non-hydrogen) atoms. The largest absolute Gasteiger partial charge is 0.366 e. The van der Waals surface area contributed by atoms with Crippen LogP contribution in [0.5, 0.6) is 0 Å². The van der Waals surface area contributed by atoms with E-state index in [1.807, 2.05) is 12.1 Å². The summed E-state index contributed by atoms with van der Waals surface area (Å²) in [5, 5.41) is 0.871. The molecule has 0 aliphatic rings. The number of amides is 1. The van der Waals surface area contributed by atoms with Gasteiger partial charge >= 0.3 is 0 Å². The van der Waals surface area contributed by atoms with Crippen LogP contribution in [0.3, 0.4) is 0 Å². The molecule has 0 aromatic carbocycles. The van der Waals surface area contributed by atoms with Crippen molar-refractivity contribution in [2.45, 2.75) is 6.92 Å². The van der Waals surface area contributed by atoms with Gasteiger partial charge in [0.15, 0.2) is 5.78 Å². The van der Waals surface area contributed by atoms with Crippen LogP contribution in [-0.4, -0.2) is 26.6 Å². The number of pyridine rings is 2. The van der Waals surface area contributed by atoms with Crippen LogP contribution in [0, 0.1) is 0 Å². The van der Waals surface area contributed by atoms with Gasteiger partial charge in [0.1, 0.15) is 11.3 Å². The molecule has 114 valence electrons. The zero-order valence-corrected chi connectivity index (χ0v) is 12.4. The van der Waals surface area contributed by atoms with Crippen molar-refractivity contribution >= 4 is 28.8 Å². The SMILES string of the molecule is CC(=O)c1ccc(-c2cnc3[nH]cc(/C=C/C(N)=O)c3c2)cn1. The standard InChI is InChI=1S/C17H14N4O2/c1-10(22)15-4-2-11(7-19-15)13-6-14-12(3-5-16(18)23)8-20-17(14)21-9-13/h2-9H,1H3,(H2,18,23)(H,20,21)/b5-3+. The summed E-state index contributed by atoms with van der Waals surface area (Å²) in [6.45, 7) is 1.48. The molecule has 0 fully saturated rings. The predicted molar refractivity (Wildman–Crippen MR) is 87.6 cm³/mol. The fraction of sp³-hybridized carbons (Fsp3) is 0.0588. The molecule has 0 saturated heterocycles. The second-order valence-electron chi connectivity index (χ2n) is 5.09. The van der Waals surface area contributed by atoms with Crippen molar-refractivity contribution in [1.29, 1.82) is 0 Å². The topological polar surface area (TPSA) is 102 Å². The summed E-state index contributed by atoms with van der Waals surface area (Å²) < 4.78 is 0. The fourth-order valence-corrected chi connectivity index (χ4v) is 2.26. The Balaban J connectivity index is 2.03. The van der Waals surface area contributed by atoms with Gasteiger partial charge < -0.3 is 10.7 Å². The number of H-pyrrole nitrogens is 1. The van der Waals surface area contributed by atoms with E-state index in [4.69, 9.17) is 5.73 Å². The molecule has 0 saturated carbocycles. The fourth-order valence-electron chi connectivity index (χ4n) is 2.26. The van der Waals surface area contributed by atoms with E-state index in [-0.39, 0.29) is 5.78 Å². The van der Waals surface area contributed by atoms with Crippen molar-refractivity contribution < 1.29 is 9.59 Å². The minimum atomic E-state index is -0.507. The Morgan fingerprint density at radius 3 is 2.61 bits per heavy atom. The molecule has 3 aromatic rings. The summed E-state index contributed by atoms with van der Waals surface area (Å²) in [5.74, 6) is -0.581. The maximum atomic E-state index is 11.3. The van der Waals surface area contributed by atoms with Gasteiger partial charge in [-0.2, -0.15) is 0 Å². The maximum Gasteiger partial charge on any atom is 0.241 e. The van der Waals surface area contributed by atoms with E-state index in [9.17, 15) is 9.59 Å². The number of aromatic nitrogens is 3. The van der Waals surface area contributed by atoms with E-state index in [0.29, 0.717) is 11.3 Å². The van der Waals surface area contributed by atoms with Gasteiger partial charge in [0.2, 0.25) is 5.91 Å². The third kappa shape index (κ3) is 3.01. The summed E-state index contributed by atoms with van der Waals surface area (Å²) in [7, 11) is 0. The van der Waals surface area contributed by atoms with Crippen LogP contribution in [0.25, 0.3) is 28.2 Å². The molecule has 0 aliphatic carbocycles. The molecule has 3 N–H and O–H groups in total. The first kappa shape index (κ1) is 14.6. The lowest BCUT2D eigenvalue weighted by Gasteiger charge is -2.02. The van der Waals surface area contributed by atoms with E-state index in [0.717, 1.165) is 22.1 Å². The van der Waals surface area contributed by atoms with Crippen LogP contribution in [0.4, 0.5) is 0 Å². The highest BCUT2D eigenvalue weighted by Crippen LogP contribution is 2.25. The number of hydrogen-bond acceptors (Lipinski definition) is 4. The minimum Gasteiger partial charge on any atom is -0.366 e. The highest BCUT2D eigenvalue weighted by Gasteiger charge is 2.07. The Morgan fingerprint density at radius 1 is 1.17 bits per heavy atom. The third-order valence-electron chi connectivity index (χ3n) is 3.45. The normalized spacial score (nSPS) is 11.2. The van der Waals surface area contributed by atoms with Crippen molar-refractivity contribution in [3.05, 3.63) is 54.1 Å². The molecule has 0 bridgehead atoms. The van der Waals surface area contributed by atoms with E-state index >= 15 is 0 Å². The number of nitrogens with one attached hydrogen (secondary N) is 1. The van der Waals surface area contributed by atoms with Crippen LogP contribution in [0.1, 0.15) is 23.0 Å². The summed E-state index contributed by atoms with van der Waals surface area (Å²) in [6, 6.07) is 5.47. The van der Waals surface area contributed by atoms with Gasteiger partial charge in [0.05, 0.1) is 0 Å². The lowest BCUT2D eigenvalue weighted by Crippen LogP contribution is -2.04. The Hall–Kier alpha value is -3.28. The molecular weight excluding hydrogens is 292 g/mol. The number of Topliss-reactive ketones (excluding diaryl/α,β-unsaturated/α-hetero) is 1. The zero-order valence-electron chi connectivity index (χ0n) is 12.4. The molecule has 6 heteroatoms. The first-order valence-corrected chi connectivity index (χ1v) is 6.96. The lowest BCUT2D eigenvalue weighted by atomic mass is 10.1. The quantitative estimate of drug-likeness (QED) is 0.570. The first-order valence-electron chi connectivity index (χ1n) is 6.96. The number of aromatic amines is 1. The van der Waals surface area contributed by atoms with E-state index < -0.39 is 5.91 Å². The number of primary amides is 1. The molecule has 1 amide bonds. The van der Waals surface area contributed by atoms with E-state index in [2.05, 4.69) is 15.0 Å². The highest BCUT2D eigenvalue weighted by atomic mass is 16.1. The Labute approximate surface area is 132 Å². The highest BCUT2D eigenvalue weighted by molar-refractivity contribution is 5.96. The van der Waals surface area contributed by atoms with Crippen LogP contribution in [-0.2, 0) is 4.79 Å². The summed E-state index contributed by atoms with van der Waals surface area (Å²) in [5.41, 5.74) is 8.81. The number of hydrogen-bond donors (Lipinski definition) is 2. The number of nitrogens with two attached hydrogens (primary N) is 1. The summed E-state index contributed by atoms with van der Waals surface area (Å²) in [4.78, 5) is 33.7. The van der Waals surface area contributed by atoms with E-state index in [1.54, 1.807) is 30.7 Å². The van der Waals surface area contributed by atoms with Gasteiger partial charge in [-0.05, 0) is 18.2 Å². The van der Waals surface area contributed by atoms with Crippen LogP contribution < -0.4 is 5.73 Å². The van der Waals surface area contributed by atoms with Crippen molar-refractivity contribution in [3.63, 3.8) is 0 Å². The number of carbonyl (C=O) groups excluding carboxylic acids is 2. The number of ketones is 1. The zero-order chi connectivity index (χ0) is 16.4. The Bertz CT molecular complexity index is 923. The number of nitrogens with zero attached hydrogens (tertiary/aromatic N) is 2. The molecule has 3 aromatic heterocycles. The van der Waals surface area contributed by atoms with Gasteiger partial charge in [-0.1, -0.05) is 6.07 Å². The molecule has 3 heterocycles. The predicted octanol–water partition coefficient (Wildman–Crippen LogP) is 2.33. The smallest absolute Gasteiger partial charge is 0.241 e. The molecule has 0 atom stereocenters. The number of rotatable bonds is 4. The van der Waals surface area contributed by atoms with Crippen molar-refractivity contribution in [3.8, 4) is 11.1 Å². The van der Waals surface area contributed by atoms with Gasteiger partial charge in [-0.15, -0.1) is 0 Å². The average Bonchev–Trinajstić information content (AvgIpc) is 2.95. The number of fused-ring (bicyclic) bond motifs is 1. The Kier molecular flexibility index (Phi) is 3.72. The van der Waals surface area contributed by atoms with Crippen molar-refractivity contribution in [2.24, 2.45) is 5.73 Å². The lowest BCUT2D eigenvalue weighted by molar-refractivity contribution is -0.113. The maximum absolute atomic E-state index is 11.3. The molecule has 6 nitrogen and oxygen atoms in total. The molecule has 0 aliphatic heterocycles. The second-order valence-corrected chi connectivity index (χ2v) is 5.09.